The number of hydrogen-bond donors (Lipinski definition) is 2. The van der Waals surface area contributed by atoms with Gasteiger partial charge in [0.25, 0.3) is 0 Å². The zero-order valence-corrected chi connectivity index (χ0v) is 14.7. The number of hydrogen-bond acceptors (Lipinski definition) is 3. The Kier molecular flexibility index (Phi) is 4.77. The summed E-state index contributed by atoms with van der Waals surface area (Å²) in [6.45, 7) is 3.35. The standard InChI is InChI=1S/C20H27N3O2/c24-19-7-3-6-18(19)22-10-12-23(13-11-22)20(25)9-8-15-14-21-17-5-2-1-4-16(15)17/h1-2,4-5,14,18-19,21,24H,3,6-13H2/t18-,19-/m1/s1. The van der Waals surface area contributed by atoms with Gasteiger partial charge in [0.05, 0.1) is 6.10 Å². The first kappa shape index (κ1) is 16.6. The van der Waals surface area contributed by atoms with E-state index in [0.29, 0.717) is 12.5 Å². The second-order valence-corrected chi connectivity index (χ2v) is 7.34. The normalized spacial score (nSPS) is 24.9. The Balaban J connectivity index is 1.29. The van der Waals surface area contributed by atoms with Crippen LogP contribution in [0.15, 0.2) is 30.5 Å². The maximum Gasteiger partial charge on any atom is 0.222 e. The number of amides is 1. The largest absolute Gasteiger partial charge is 0.391 e. The van der Waals surface area contributed by atoms with Crippen molar-refractivity contribution in [1.29, 1.82) is 0 Å². The minimum atomic E-state index is -0.177. The lowest BCUT2D eigenvalue weighted by atomic mass is 10.1. The van der Waals surface area contributed by atoms with Gasteiger partial charge in [-0.25, -0.2) is 0 Å². The third kappa shape index (κ3) is 3.44. The van der Waals surface area contributed by atoms with E-state index in [0.717, 1.165) is 57.4 Å². The Hall–Kier alpha value is -1.85. The Morgan fingerprint density at radius 2 is 1.96 bits per heavy atom. The summed E-state index contributed by atoms with van der Waals surface area (Å²) in [5.74, 6) is 0.247. The zero-order chi connectivity index (χ0) is 17.2. The van der Waals surface area contributed by atoms with Gasteiger partial charge >= 0.3 is 0 Å². The van der Waals surface area contributed by atoms with Gasteiger partial charge in [-0.1, -0.05) is 18.2 Å². The predicted molar refractivity (Wildman–Crippen MR) is 98.4 cm³/mol. The van der Waals surface area contributed by atoms with Gasteiger partial charge in [-0.15, -0.1) is 0 Å². The summed E-state index contributed by atoms with van der Waals surface area (Å²) in [7, 11) is 0. The lowest BCUT2D eigenvalue weighted by Crippen LogP contribution is -2.53. The van der Waals surface area contributed by atoms with Gasteiger partial charge in [0.1, 0.15) is 0 Å². The summed E-state index contributed by atoms with van der Waals surface area (Å²) >= 11 is 0. The van der Waals surface area contributed by atoms with Gasteiger partial charge in [0, 0.05) is 55.7 Å². The van der Waals surface area contributed by atoms with Crippen molar-refractivity contribution in [3.05, 3.63) is 36.0 Å². The molecule has 1 aliphatic carbocycles. The molecule has 0 unspecified atom stereocenters. The van der Waals surface area contributed by atoms with Crippen LogP contribution in [0.4, 0.5) is 0 Å². The Bertz CT molecular complexity index is 733. The number of fused-ring (bicyclic) bond motifs is 1. The molecule has 1 aromatic heterocycles. The molecular weight excluding hydrogens is 314 g/mol. The van der Waals surface area contributed by atoms with Crippen LogP contribution in [0, 0.1) is 0 Å². The molecule has 5 nitrogen and oxygen atoms in total. The molecule has 2 N–H and O–H groups in total. The van der Waals surface area contributed by atoms with Crippen LogP contribution < -0.4 is 0 Å². The lowest BCUT2D eigenvalue weighted by molar-refractivity contribution is -0.133. The molecule has 134 valence electrons. The Morgan fingerprint density at radius 1 is 1.16 bits per heavy atom. The summed E-state index contributed by atoms with van der Waals surface area (Å²) in [6.07, 6.45) is 6.33. The number of rotatable bonds is 4. The van der Waals surface area contributed by atoms with E-state index in [9.17, 15) is 9.90 Å². The summed E-state index contributed by atoms with van der Waals surface area (Å²) in [5, 5.41) is 11.3. The molecule has 0 bridgehead atoms. The first-order chi connectivity index (χ1) is 12.2. The molecule has 1 aliphatic heterocycles. The SMILES string of the molecule is O=C(CCc1c[nH]c2ccccc12)N1CCN([C@@H]2CCC[C@H]2O)CC1. The number of benzene rings is 1. The highest BCUT2D eigenvalue weighted by Crippen LogP contribution is 2.25. The highest BCUT2D eigenvalue weighted by Gasteiger charge is 2.33. The van der Waals surface area contributed by atoms with E-state index in [-0.39, 0.29) is 12.0 Å². The molecule has 2 fully saturated rings. The number of aromatic nitrogens is 1. The van der Waals surface area contributed by atoms with Crippen molar-refractivity contribution in [2.45, 2.75) is 44.2 Å². The smallest absolute Gasteiger partial charge is 0.222 e. The number of aryl methyl sites for hydroxylation is 1. The Labute approximate surface area is 148 Å². The number of aliphatic hydroxyl groups excluding tert-OH is 1. The number of aliphatic hydroxyl groups is 1. The van der Waals surface area contributed by atoms with Crippen LogP contribution in [0.25, 0.3) is 10.9 Å². The van der Waals surface area contributed by atoms with Crippen LogP contribution in [0.2, 0.25) is 0 Å². The average Bonchev–Trinajstić information content (AvgIpc) is 3.26. The topological polar surface area (TPSA) is 59.6 Å². The molecule has 2 atom stereocenters. The van der Waals surface area contributed by atoms with E-state index in [2.05, 4.69) is 22.0 Å². The summed E-state index contributed by atoms with van der Waals surface area (Å²) in [5.41, 5.74) is 2.35. The van der Waals surface area contributed by atoms with E-state index >= 15 is 0 Å². The average molecular weight is 341 g/mol. The molecule has 1 saturated heterocycles. The number of H-pyrrole nitrogens is 1. The molecule has 2 aliphatic rings. The van der Waals surface area contributed by atoms with E-state index < -0.39 is 0 Å². The van der Waals surface area contributed by atoms with E-state index in [1.807, 2.05) is 23.2 Å². The number of carbonyl (C=O) groups excluding carboxylic acids is 1. The maximum absolute atomic E-state index is 12.6. The molecule has 0 radical (unpaired) electrons. The molecule has 4 rings (SSSR count). The maximum atomic E-state index is 12.6. The van der Waals surface area contributed by atoms with Crippen LogP contribution in [-0.4, -0.2) is 64.1 Å². The molecule has 0 spiro atoms. The summed E-state index contributed by atoms with van der Waals surface area (Å²) < 4.78 is 0. The molecule has 1 saturated carbocycles. The molecule has 2 aromatic rings. The van der Waals surface area contributed by atoms with Gasteiger partial charge in [0.2, 0.25) is 5.91 Å². The van der Waals surface area contributed by atoms with Crippen LogP contribution in [0.5, 0.6) is 0 Å². The quantitative estimate of drug-likeness (QED) is 0.896. The van der Waals surface area contributed by atoms with Crippen LogP contribution in [0.3, 0.4) is 0 Å². The molecular formula is C20H27N3O2. The van der Waals surface area contributed by atoms with Crippen molar-refractivity contribution in [2.75, 3.05) is 26.2 Å². The van der Waals surface area contributed by atoms with Crippen LogP contribution in [-0.2, 0) is 11.2 Å². The number of para-hydroxylation sites is 1. The number of aromatic amines is 1. The van der Waals surface area contributed by atoms with E-state index in [1.54, 1.807) is 0 Å². The summed E-state index contributed by atoms with van der Waals surface area (Å²) in [4.78, 5) is 20.2. The van der Waals surface area contributed by atoms with Crippen molar-refractivity contribution >= 4 is 16.8 Å². The van der Waals surface area contributed by atoms with Crippen molar-refractivity contribution in [3.63, 3.8) is 0 Å². The molecule has 1 amide bonds. The minimum absolute atomic E-state index is 0.177. The van der Waals surface area contributed by atoms with Gasteiger partial charge in [-0.2, -0.15) is 0 Å². The number of carbonyl (C=O) groups is 1. The minimum Gasteiger partial charge on any atom is -0.391 e. The van der Waals surface area contributed by atoms with Gasteiger partial charge in [-0.3, -0.25) is 9.69 Å². The number of nitrogens with one attached hydrogen (secondary N) is 1. The van der Waals surface area contributed by atoms with Crippen molar-refractivity contribution in [2.24, 2.45) is 0 Å². The first-order valence-corrected chi connectivity index (χ1v) is 9.47. The third-order valence-electron chi connectivity index (χ3n) is 5.86. The van der Waals surface area contributed by atoms with Gasteiger partial charge in [-0.05, 0) is 37.3 Å². The van der Waals surface area contributed by atoms with E-state index in [4.69, 9.17) is 0 Å². The highest BCUT2D eigenvalue weighted by molar-refractivity contribution is 5.84. The second-order valence-electron chi connectivity index (χ2n) is 7.34. The zero-order valence-electron chi connectivity index (χ0n) is 14.7. The molecule has 1 aromatic carbocycles. The molecule has 2 heterocycles. The fraction of sp³-hybridized carbons (Fsp3) is 0.550. The monoisotopic (exact) mass is 341 g/mol. The fourth-order valence-corrected chi connectivity index (χ4v) is 4.39. The van der Waals surface area contributed by atoms with Crippen molar-refractivity contribution in [3.8, 4) is 0 Å². The van der Waals surface area contributed by atoms with Gasteiger partial charge in [0.15, 0.2) is 0 Å². The number of piperazine rings is 1. The lowest BCUT2D eigenvalue weighted by Gasteiger charge is -2.39. The summed E-state index contributed by atoms with van der Waals surface area (Å²) in [6, 6.07) is 8.55. The third-order valence-corrected chi connectivity index (χ3v) is 5.86. The van der Waals surface area contributed by atoms with E-state index in [1.165, 1.54) is 10.9 Å². The van der Waals surface area contributed by atoms with Crippen LogP contribution >= 0.6 is 0 Å². The van der Waals surface area contributed by atoms with Crippen molar-refractivity contribution < 1.29 is 9.90 Å². The van der Waals surface area contributed by atoms with Gasteiger partial charge < -0.3 is 15.0 Å². The highest BCUT2D eigenvalue weighted by atomic mass is 16.3. The van der Waals surface area contributed by atoms with Crippen LogP contribution in [0.1, 0.15) is 31.2 Å². The second kappa shape index (κ2) is 7.18. The fourth-order valence-electron chi connectivity index (χ4n) is 4.39. The number of nitrogens with zero attached hydrogens (tertiary/aromatic N) is 2. The first-order valence-electron chi connectivity index (χ1n) is 9.47. The predicted octanol–water partition coefficient (Wildman–Crippen LogP) is 2.16. The van der Waals surface area contributed by atoms with Crippen molar-refractivity contribution in [1.82, 2.24) is 14.8 Å². The Morgan fingerprint density at radius 3 is 2.72 bits per heavy atom. The molecule has 25 heavy (non-hydrogen) atoms. The molecule has 5 heteroatoms.